The molecule has 2 rings (SSSR count). The van der Waals surface area contributed by atoms with E-state index in [4.69, 9.17) is 0 Å². The summed E-state index contributed by atoms with van der Waals surface area (Å²) < 4.78 is 1.76. The van der Waals surface area contributed by atoms with Crippen LogP contribution >= 0.6 is 0 Å². The van der Waals surface area contributed by atoms with Crippen LogP contribution in [0.15, 0.2) is 17.5 Å². The molecule has 74 valence electrons. The van der Waals surface area contributed by atoms with Gasteiger partial charge in [0.15, 0.2) is 0 Å². The lowest BCUT2D eigenvalue weighted by atomic mass is 10.3. The van der Waals surface area contributed by atoms with E-state index in [9.17, 15) is 4.79 Å². The summed E-state index contributed by atoms with van der Waals surface area (Å²) in [5, 5.41) is 0. The monoisotopic (exact) mass is 192 g/mol. The van der Waals surface area contributed by atoms with Gasteiger partial charge in [0.25, 0.3) is 5.91 Å². The zero-order chi connectivity index (χ0) is 9.97. The van der Waals surface area contributed by atoms with Gasteiger partial charge in [-0.3, -0.25) is 14.7 Å². The number of hydrogen-bond donors (Lipinski definition) is 0. The van der Waals surface area contributed by atoms with Crippen LogP contribution in [0.5, 0.6) is 0 Å². The zero-order valence-corrected chi connectivity index (χ0v) is 8.05. The van der Waals surface area contributed by atoms with Crippen molar-refractivity contribution in [2.75, 3.05) is 13.1 Å². The van der Waals surface area contributed by atoms with Gasteiger partial charge in [0, 0.05) is 26.3 Å². The van der Waals surface area contributed by atoms with E-state index in [0.29, 0.717) is 5.69 Å². The molecule has 1 amide bonds. The van der Waals surface area contributed by atoms with Gasteiger partial charge in [0.1, 0.15) is 5.69 Å². The molecule has 5 heteroatoms. The van der Waals surface area contributed by atoms with Crippen molar-refractivity contribution in [3.8, 4) is 0 Å². The molecule has 0 spiro atoms. The summed E-state index contributed by atoms with van der Waals surface area (Å²) >= 11 is 0. The van der Waals surface area contributed by atoms with Crippen LogP contribution < -0.4 is 0 Å². The first-order chi connectivity index (χ1) is 6.77. The van der Waals surface area contributed by atoms with Crippen LogP contribution in [-0.2, 0) is 7.05 Å². The standard InChI is InChI=1S/C9H12N4O/c1-12-5-8(11-7-12)9(14)13-4-2-3-10-6-13/h5-7H,2-4H2,1H3. The molecule has 1 aliphatic rings. The van der Waals surface area contributed by atoms with E-state index in [1.807, 2.05) is 7.05 Å². The van der Waals surface area contributed by atoms with E-state index < -0.39 is 0 Å². The van der Waals surface area contributed by atoms with Crippen molar-refractivity contribution in [2.24, 2.45) is 12.0 Å². The SMILES string of the molecule is Cn1cnc(C(=O)N2C=NCCC2)c1. The van der Waals surface area contributed by atoms with Gasteiger partial charge in [-0.15, -0.1) is 0 Å². The van der Waals surface area contributed by atoms with Crippen molar-refractivity contribution in [1.29, 1.82) is 0 Å². The second kappa shape index (κ2) is 3.61. The maximum absolute atomic E-state index is 11.8. The van der Waals surface area contributed by atoms with Crippen LogP contribution in [0.3, 0.4) is 0 Å². The fraction of sp³-hybridized carbons (Fsp3) is 0.444. The number of aliphatic imine (C=N–C) groups is 1. The molecule has 0 radical (unpaired) electrons. The predicted molar refractivity (Wildman–Crippen MR) is 52.2 cm³/mol. The molecule has 0 bridgehead atoms. The predicted octanol–water partition coefficient (Wildman–Crippen LogP) is 0.294. The lowest BCUT2D eigenvalue weighted by molar-refractivity contribution is 0.0842. The van der Waals surface area contributed by atoms with Crippen molar-refractivity contribution < 1.29 is 4.79 Å². The summed E-state index contributed by atoms with van der Waals surface area (Å²) in [6.07, 6.45) is 5.86. The lowest BCUT2D eigenvalue weighted by Crippen LogP contribution is -2.33. The first-order valence-electron chi connectivity index (χ1n) is 4.56. The summed E-state index contributed by atoms with van der Waals surface area (Å²) in [5.41, 5.74) is 0.473. The number of rotatable bonds is 1. The second-order valence-electron chi connectivity index (χ2n) is 3.30. The Bertz CT molecular complexity index is 369. The van der Waals surface area contributed by atoms with Crippen LogP contribution in [-0.4, -0.2) is 39.8 Å². The Morgan fingerprint density at radius 3 is 3.00 bits per heavy atom. The van der Waals surface area contributed by atoms with Crippen molar-refractivity contribution in [3.05, 3.63) is 18.2 Å². The van der Waals surface area contributed by atoms with Crippen molar-refractivity contribution in [3.63, 3.8) is 0 Å². The molecule has 14 heavy (non-hydrogen) atoms. The topological polar surface area (TPSA) is 50.5 Å². The van der Waals surface area contributed by atoms with Crippen LogP contribution in [0.2, 0.25) is 0 Å². The van der Waals surface area contributed by atoms with E-state index >= 15 is 0 Å². The maximum atomic E-state index is 11.8. The highest BCUT2D eigenvalue weighted by molar-refractivity contribution is 5.99. The molecule has 2 heterocycles. The van der Waals surface area contributed by atoms with Gasteiger partial charge >= 0.3 is 0 Å². The molecule has 0 atom stereocenters. The van der Waals surface area contributed by atoms with E-state index in [1.165, 1.54) is 0 Å². The average Bonchev–Trinajstić information content (AvgIpc) is 2.65. The van der Waals surface area contributed by atoms with Gasteiger partial charge in [-0.25, -0.2) is 4.98 Å². The molecule has 0 fully saturated rings. The average molecular weight is 192 g/mol. The number of nitrogens with zero attached hydrogens (tertiary/aromatic N) is 4. The number of aromatic nitrogens is 2. The molecular weight excluding hydrogens is 180 g/mol. The molecule has 1 aliphatic heterocycles. The molecule has 1 aromatic heterocycles. The van der Waals surface area contributed by atoms with Crippen molar-refractivity contribution in [2.45, 2.75) is 6.42 Å². The number of carbonyl (C=O) groups is 1. The van der Waals surface area contributed by atoms with Gasteiger partial charge in [-0.05, 0) is 6.42 Å². The molecule has 5 nitrogen and oxygen atoms in total. The summed E-state index contributed by atoms with van der Waals surface area (Å²) in [6.45, 7) is 1.55. The zero-order valence-electron chi connectivity index (χ0n) is 8.05. The van der Waals surface area contributed by atoms with E-state index in [0.717, 1.165) is 19.5 Å². The molecular formula is C9H12N4O. The first kappa shape index (κ1) is 8.93. The normalized spacial score (nSPS) is 15.9. The Morgan fingerprint density at radius 1 is 1.57 bits per heavy atom. The third-order valence-electron chi connectivity index (χ3n) is 2.09. The van der Waals surface area contributed by atoms with Crippen LogP contribution in [0.1, 0.15) is 16.9 Å². The van der Waals surface area contributed by atoms with Gasteiger partial charge in [-0.1, -0.05) is 0 Å². The second-order valence-corrected chi connectivity index (χ2v) is 3.30. The molecule has 0 saturated carbocycles. The molecule has 1 aromatic rings. The summed E-state index contributed by atoms with van der Waals surface area (Å²) in [4.78, 5) is 21.4. The van der Waals surface area contributed by atoms with E-state index in [1.54, 1.807) is 28.3 Å². The fourth-order valence-electron chi connectivity index (χ4n) is 1.37. The smallest absolute Gasteiger partial charge is 0.279 e. The Morgan fingerprint density at radius 2 is 2.43 bits per heavy atom. The Kier molecular flexibility index (Phi) is 2.30. The Balaban J connectivity index is 2.15. The summed E-state index contributed by atoms with van der Waals surface area (Å²) in [6, 6.07) is 0. The van der Waals surface area contributed by atoms with Crippen molar-refractivity contribution in [1.82, 2.24) is 14.5 Å². The minimum atomic E-state index is -0.0750. The maximum Gasteiger partial charge on any atom is 0.279 e. The van der Waals surface area contributed by atoms with Gasteiger partial charge in [0.2, 0.25) is 0 Å². The number of amides is 1. The molecule has 0 unspecified atom stereocenters. The quantitative estimate of drug-likeness (QED) is 0.642. The van der Waals surface area contributed by atoms with E-state index in [-0.39, 0.29) is 5.91 Å². The van der Waals surface area contributed by atoms with Gasteiger partial charge in [0.05, 0.1) is 12.7 Å². The lowest BCUT2D eigenvalue weighted by Gasteiger charge is -2.18. The Hall–Kier alpha value is -1.65. The Labute approximate surface area is 82.1 Å². The minimum absolute atomic E-state index is 0.0750. The molecule has 0 aromatic carbocycles. The van der Waals surface area contributed by atoms with Crippen LogP contribution in [0.4, 0.5) is 0 Å². The van der Waals surface area contributed by atoms with E-state index in [2.05, 4.69) is 9.98 Å². The number of aryl methyl sites for hydroxylation is 1. The molecule has 0 aliphatic carbocycles. The van der Waals surface area contributed by atoms with Gasteiger partial charge in [-0.2, -0.15) is 0 Å². The van der Waals surface area contributed by atoms with Gasteiger partial charge < -0.3 is 4.57 Å². The number of imidazole rings is 1. The third kappa shape index (κ3) is 1.66. The summed E-state index contributed by atoms with van der Waals surface area (Å²) in [7, 11) is 1.84. The fourth-order valence-corrected chi connectivity index (χ4v) is 1.37. The van der Waals surface area contributed by atoms with Crippen LogP contribution in [0, 0.1) is 0 Å². The minimum Gasteiger partial charge on any atom is -0.340 e. The third-order valence-corrected chi connectivity index (χ3v) is 2.09. The molecule has 0 N–H and O–H groups in total. The van der Waals surface area contributed by atoms with Crippen molar-refractivity contribution >= 4 is 12.2 Å². The number of carbonyl (C=O) groups excluding carboxylic acids is 1. The number of hydrogen-bond acceptors (Lipinski definition) is 3. The highest BCUT2D eigenvalue weighted by Gasteiger charge is 2.17. The highest BCUT2D eigenvalue weighted by Crippen LogP contribution is 2.03. The summed E-state index contributed by atoms with van der Waals surface area (Å²) in [5.74, 6) is -0.0750. The highest BCUT2D eigenvalue weighted by atomic mass is 16.2. The first-order valence-corrected chi connectivity index (χ1v) is 4.56. The molecule has 0 saturated heterocycles. The van der Waals surface area contributed by atoms with Crippen LogP contribution in [0.25, 0.3) is 0 Å². The largest absolute Gasteiger partial charge is 0.340 e.